The lowest BCUT2D eigenvalue weighted by Crippen LogP contribution is -2.33. The minimum atomic E-state index is -0.634. The number of benzene rings is 5. The second-order valence-electron chi connectivity index (χ2n) is 42.4. The van der Waals surface area contributed by atoms with Gasteiger partial charge in [-0.15, -0.1) is 0 Å². The van der Waals surface area contributed by atoms with Crippen LogP contribution in [-0.4, -0.2) is 76.6 Å². The number of nitrogens with two attached hydrogens (primary N) is 1. The van der Waals surface area contributed by atoms with Crippen LogP contribution in [0.4, 0.5) is 9.59 Å². The summed E-state index contributed by atoms with van der Waals surface area (Å²) in [5, 5.41) is 16.0. The van der Waals surface area contributed by atoms with E-state index >= 15 is 0 Å². The van der Waals surface area contributed by atoms with Crippen molar-refractivity contribution >= 4 is 42.6 Å². The first-order valence-corrected chi connectivity index (χ1v) is 49.3. The number of aliphatic hydroxyl groups excluding tert-OH is 1. The number of aliphatic hydroxyl groups is 1. The molecule has 0 fully saturated rings. The van der Waals surface area contributed by atoms with Crippen LogP contribution in [0.5, 0.6) is 0 Å². The summed E-state index contributed by atoms with van der Waals surface area (Å²) in [7, 11) is 7.10. The number of rotatable bonds is 33. The molecule has 5 unspecified atom stereocenters. The molecule has 130 heavy (non-hydrogen) atoms. The van der Waals surface area contributed by atoms with Crippen LogP contribution < -0.4 is 16.4 Å². The number of hydrogen-bond donors (Lipinski definition) is 4. The van der Waals surface area contributed by atoms with Crippen LogP contribution in [-0.2, 0) is 28.4 Å². The molecular formula is C118H175N3O9. The predicted molar refractivity (Wildman–Crippen MR) is 553 cm³/mol. The molecule has 0 radical (unpaired) electrons. The van der Waals surface area contributed by atoms with E-state index in [1.54, 1.807) is 25.4 Å². The van der Waals surface area contributed by atoms with Crippen LogP contribution >= 0.6 is 0 Å². The SMILES string of the molecule is CC1=C(/C=C/c2cccc(C(O)CCNC(=O)OC(C)(C)C)c2)C(C)(C)CCC1.CCCCC(OC)c1cccc(/C=C/C2=C(C)CCCC2(C)C)c1.CCCCC(OC)c1cccc(/C=C/C2=C(C)CCCC2(C)C)c1.COC(CCN)c1cccc(/C=C/C2=C(C)CCCC2(C)C)c1.COC(CCNC(=O)OC(C)(C)C)c1cccc(/C=C/C2=C(C)CCCC2(C)C)c1. The van der Waals surface area contributed by atoms with E-state index in [9.17, 15) is 14.7 Å². The van der Waals surface area contributed by atoms with Gasteiger partial charge in [0.2, 0.25) is 0 Å². The van der Waals surface area contributed by atoms with Crippen molar-refractivity contribution in [3.63, 3.8) is 0 Å². The first-order valence-electron chi connectivity index (χ1n) is 49.3. The van der Waals surface area contributed by atoms with Crippen molar-refractivity contribution in [2.75, 3.05) is 48.1 Å². The molecule has 0 bridgehead atoms. The quantitative estimate of drug-likeness (QED) is 0.0318. The summed E-state index contributed by atoms with van der Waals surface area (Å²) in [4.78, 5) is 23.6. The minimum Gasteiger partial charge on any atom is -0.444 e. The highest BCUT2D eigenvalue weighted by Crippen LogP contribution is 2.46. The Labute approximate surface area is 790 Å². The third-order valence-electron chi connectivity index (χ3n) is 26.7. The fourth-order valence-corrected chi connectivity index (χ4v) is 19.3. The average Bonchev–Trinajstić information content (AvgIpc) is 0.829. The molecule has 5 aromatic rings. The summed E-state index contributed by atoms with van der Waals surface area (Å²) in [6, 6.07) is 42.6. The maximum atomic E-state index is 11.8. The molecule has 5 aliphatic rings. The van der Waals surface area contributed by atoms with Gasteiger partial charge in [-0.1, -0.05) is 288 Å². The van der Waals surface area contributed by atoms with E-state index in [2.05, 4.69) is 292 Å². The largest absolute Gasteiger partial charge is 0.444 e. The smallest absolute Gasteiger partial charge is 0.407 e. The molecule has 10 rings (SSSR count). The number of carbonyl (C=O) groups excluding carboxylic acids is 2. The van der Waals surface area contributed by atoms with Gasteiger partial charge in [0.15, 0.2) is 0 Å². The monoisotopic (exact) mass is 1780 g/mol. The van der Waals surface area contributed by atoms with Crippen molar-refractivity contribution < 1.29 is 43.1 Å². The zero-order chi connectivity index (χ0) is 96.1. The highest BCUT2D eigenvalue weighted by molar-refractivity contribution is 5.68. The summed E-state index contributed by atoms with van der Waals surface area (Å²) >= 11 is 0. The van der Waals surface area contributed by atoms with Crippen molar-refractivity contribution in [1.82, 2.24) is 10.6 Å². The van der Waals surface area contributed by atoms with E-state index in [0.29, 0.717) is 43.3 Å². The van der Waals surface area contributed by atoms with Gasteiger partial charge in [0.25, 0.3) is 0 Å². The summed E-state index contributed by atoms with van der Waals surface area (Å²) in [5.41, 5.74) is 32.8. The molecule has 5 aliphatic carbocycles. The average molecular weight is 1780 g/mol. The molecule has 12 nitrogen and oxygen atoms in total. The Morgan fingerprint density at radius 1 is 0.362 bits per heavy atom. The molecule has 5 N–H and O–H groups in total. The van der Waals surface area contributed by atoms with Crippen molar-refractivity contribution in [2.45, 2.75) is 355 Å². The number of alkyl carbamates (subject to hydrolysis) is 2. The first-order chi connectivity index (χ1) is 61.4. The maximum absolute atomic E-state index is 11.8. The van der Waals surface area contributed by atoms with Crippen molar-refractivity contribution in [3.8, 4) is 0 Å². The molecule has 5 aromatic carbocycles. The molecule has 0 aromatic heterocycles. The lowest BCUT2D eigenvalue weighted by molar-refractivity contribution is 0.0497. The molecule has 0 heterocycles. The van der Waals surface area contributed by atoms with Crippen molar-refractivity contribution in [2.24, 2.45) is 32.8 Å². The van der Waals surface area contributed by atoms with Crippen LogP contribution in [0.15, 0.2) is 207 Å². The second-order valence-corrected chi connectivity index (χ2v) is 42.4. The van der Waals surface area contributed by atoms with Gasteiger partial charge in [-0.25, -0.2) is 9.59 Å². The van der Waals surface area contributed by atoms with Gasteiger partial charge in [0.05, 0.1) is 30.5 Å². The van der Waals surface area contributed by atoms with Gasteiger partial charge >= 0.3 is 12.2 Å². The van der Waals surface area contributed by atoms with Crippen molar-refractivity contribution in [1.29, 1.82) is 0 Å². The van der Waals surface area contributed by atoms with Crippen LogP contribution in [0, 0.1) is 27.1 Å². The normalized spacial score (nSPS) is 18.6. The van der Waals surface area contributed by atoms with E-state index in [-0.39, 0.29) is 40.7 Å². The predicted octanol–water partition coefficient (Wildman–Crippen LogP) is 32.5. The lowest BCUT2D eigenvalue weighted by Gasteiger charge is -2.33. The highest BCUT2D eigenvalue weighted by Gasteiger charge is 2.32. The zero-order valence-electron chi connectivity index (χ0n) is 86.1. The van der Waals surface area contributed by atoms with E-state index in [4.69, 9.17) is 34.2 Å². The zero-order valence-corrected chi connectivity index (χ0v) is 86.1. The van der Waals surface area contributed by atoms with Gasteiger partial charge in [0, 0.05) is 41.5 Å². The van der Waals surface area contributed by atoms with Gasteiger partial charge < -0.3 is 49.9 Å². The summed E-state index contributed by atoms with van der Waals surface area (Å²) in [5.74, 6) is 0. The Hall–Kier alpha value is -8.20. The van der Waals surface area contributed by atoms with Crippen LogP contribution in [0.25, 0.3) is 30.4 Å². The number of ether oxygens (including phenoxy) is 6. The van der Waals surface area contributed by atoms with Crippen molar-refractivity contribution in [3.05, 3.63) is 263 Å². The third-order valence-corrected chi connectivity index (χ3v) is 26.7. The van der Waals surface area contributed by atoms with E-state index in [1.165, 1.54) is 200 Å². The number of nitrogens with one attached hydrogen (secondary N) is 2. The molecule has 0 spiro atoms. The Balaban J connectivity index is 0.000000251. The highest BCUT2D eigenvalue weighted by atomic mass is 16.6. The number of methoxy groups -OCH3 is 4. The molecule has 5 atom stereocenters. The van der Waals surface area contributed by atoms with E-state index in [0.717, 1.165) is 41.5 Å². The molecule has 0 aliphatic heterocycles. The van der Waals surface area contributed by atoms with Crippen LogP contribution in [0.3, 0.4) is 0 Å². The molecular weight excluding hydrogens is 1600 g/mol. The fourth-order valence-electron chi connectivity index (χ4n) is 19.3. The number of hydrogen-bond acceptors (Lipinski definition) is 10. The topological polar surface area (TPSA) is 160 Å². The standard InChI is InChI=1S/C26H39NO3.C25H37NO3.2C23H34O.C21H31NO/c1-19-10-9-16-26(5,6)22(19)14-13-20-11-8-12-21(18-20)23(29-7)15-17-27-24(28)30-25(2,3)4;1-18-9-8-15-25(5,6)21(18)13-12-19-10-7-11-20(17-19)22(27)14-16-26-23(28)29-24(2,3)4;2*1-6-7-13-22(24-5)20-12-8-11-19(17-20)14-15-21-18(2)10-9-16-23(21,3)4;1-16-7-6-13-21(2,3)19(16)11-10-17-8-5-9-18(15-17)20(23-4)12-14-22/h8,11-14,18,23H,9-10,15-17H2,1-7H3,(H,27,28);7,10-13,17,22,27H,8-9,14-16H2,1-6H3,(H,26,28);2*8,11-12,14-15,17,22H,6-7,9-10,13,16H2,1-5H3;5,8-11,15,20H,6-7,12-14,22H2,1-4H3/b14-13+;13-12+;2*15-14+;11-10+. The summed E-state index contributed by atoms with van der Waals surface area (Å²) < 4.78 is 33.2. The number of amides is 2. The van der Waals surface area contributed by atoms with Gasteiger partial charge in [0.1, 0.15) is 11.2 Å². The third kappa shape index (κ3) is 37.3. The lowest BCUT2D eigenvalue weighted by atomic mass is 9.72. The van der Waals surface area contributed by atoms with Gasteiger partial charge in [-0.3, -0.25) is 0 Å². The molecule has 0 saturated carbocycles. The number of allylic oxidation sites excluding steroid dienone is 15. The van der Waals surface area contributed by atoms with Gasteiger partial charge in [-0.05, 0) is 352 Å². The second kappa shape index (κ2) is 53.6. The molecule has 716 valence electrons. The van der Waals surface area contributed by atoms with E-state index in [1.807, 2.05) is 74.0 Å². The Bertz CT molecular complexity index is 4570. The summed E-state index contributed by atoms with van der Waals surface area (Å²) in [6.45, 7) is 51.9. The number of carbonyl (C=O) groups is 2. The summed E-state index contributed by atoms with van der Waals surface area (Å²) in [6.07, 6.45) is 49.5. The fraction of sp³-hybridized carbons (Fsp3) is 0.559. The maximum Gasteiger partial charge on any atom is 0.407 e. The van der Waals surface area contributed by atoms with Gasteiger partial charge in [-0.2, -0.15) is 0 Å². The Morgan fingerprint density at radius 3 is 0.823 bits per heavy atom. The minimum absolute atomic E-state index is 0.0830. The Morgan fingerprint density at radius 2 is 0.592 bits per heavy atom. The molecule has 12 heteroatoms. The first kappa shape index (κ1) is 111. The molecule has 2 amide bonds. The Kier molecular flexibility index (Phi) is 45.6. The van der Waals surface area contributed by atoms with E-state index < -0.39 is 29.5 Å². The molecule has 0 saturated heterocycles. The van der Waals surface area contributed by atoms with Crippen LogP contribution in [0.2, 0.25) is 0 Å². The van der Waals surface area contributed by atoms with Crippen LogP contribution in [0.1, 0.15) is 400 Å². The number of unbranched alkanes of at least 4 members (excludes halogenated alkanes) is 2.